The second-order valence-electron chi connectivity index (χ2n) is 3.98. The molecule has 0 fully saturated rings. The molecule has 1 amide bonds. The highest BCUT2D eigenvalue weighted by Gasteiger charge is 2.35. The second-order valence-corrected chi connectivity index (χ2v) is 3.98. The normalized spacial score (nSPS) is 10.8. The lowest BCUT2D eigenvalue weighted by Crippen LogP contribution is -2.34. The zero-order chi connectivity index (χ0) is 13.8. The number of rotatable bonds is 4. The Morgan fingerprint density at radius 3 is 2.44 bits per heavy atom. The van der Waals surface area contributed by atoms with Crippen molar-refractivity contribution in [2.24, 2.45) is 5.41 Å². The number of hydrogen-bond acceptors (Lipinski definition) is 2. The van der Waals surface area contributed by atoms with E-state index < -0.39 is 23.0 Å². The number of benzene rings is 1. The molecule has 5 heteroatoms. The SMILES string of the molecule is CCC(C#N)(CC)C(=O)Nc1ccc(F)cc1F. The van der Waals surface area contributed by atoms with Crippen LogP contribution in [-0.4, -0.2) is 5.91 Å². The van der Waals surface area contributed by atoms with Crippen molar-refractivity contribution in [3.05, 3.63) is 29.8 Å². The minimum atomic E-state index is -1.18. The van der Waals surface area contributed by atoms with Gasteiger partial charge in [0, 0.05) is 6.07 Å². The number of anilines is 1. The maximum atomic E-state index is 13.4. The van der Waals surface area contributed by atoms with Crippen molar-refractivity contribution in [3.63, 3.8) is 0 Å². The van der Waals surface area contributed by atoms with Crippen LogP contribution in [0.1, 0.15) is 26.7 Å². The Morgan fingerprint density at radius 1 is 1.39 bits per heavy atom. The molecule has 0 bridgehead atoms. The van der Waals surface area contributed by atoms with Gasteiger partial charge in [-0.3, -0.25) is 4.79 Å². The third kappa shape index (κ3) is 2.65. The molecule has 0 heterocycles. The van der Waals surface area contributed by atoms with E-state index in [9.17, 15) is 13.6 Å². The van der Waals surface area contributed by atoms with Gasteiger partial charge in [-0.25, -0.2) is 8.78 Å². The molecular formula is C13H14F2N2O. The summed E-state index contributed by atoms with van der Waals surface area (Å²) in [6.45, 7) is 3.43. The molecule has 0 atom stereocenters. The van der Waals surface area contributed by atoms with Gasteiger partial charge in [-0.2, -0.15) is 5.26 Å². The van der Waals surface area contributed by atoms with E-state index in [2.05, 4.69) is 5.32 Å². The van der Waals surface area contributed by atoms with E-state index in [0.29, 0.717) is 18.9 Å². The molecule has 1 N–H and O–H groups in total. The third-order valence-corrected chi connectivity index (χ3v) is 3.04. The Balaban J connectivity index is 2.97. The number of carbonyl (C=O) groups excluding carboxylic acids is 1. The number of hydrogen-bond donors (Lipinski definition) is 1. The van der Waals surface area contributed by atoms with Crippen molar-refractivity contribution in [1.29, 1.82) is 5.26 Å². The zero-order valence-corrected chi connectivity index (χ0v) is 10.3. The van der Waals surface area contributed by atoms with Crippen molar-refractivity contribution >= 4 is 11.6 Å². The predicted molar refractivity (Wildman–Crippen MR) is 63.6 cm³/mol. The first-order valence-corrected chi connectivity index (χ1v) is 5.67. The van der Waals surface area contributed by atoms with Crippen LogP contribution in [0.2, 0.25) is 0 Å². The molecule has 1 aromatic rings. The number of nitriles is 1. The van der Waals surface area contributed by atoms with Crippen molar-refractivity contribution in [2.75, 3.05) is 5.32 Å². The summed E-state index contributed by atoms with van der Waals surface area (Å²) in [5.74, 6) is -2.15. The number of nitrogens with zero attached hydrogens (tertiary/aromatic N) is 1. The van der Waals surface area contributed by atoms with Crippen LogP contribution in [0.5, 0.6) is 0 Å². The molecule has 0 saturated heterocycles. The Hall–Kier alpha value is -1.96. The minimum absolute atomic E-state index is 0.122. The van der Waals surface area contributed by atoms with Crippen molar-refractivity contribution < 1.29 is 13.6 Å². The second kappa shape index (κ2) is 5.58. The van der Waals surface area contributed by atoms with Crippen LogP contribution in [0.25, 0.3) is 0 Å². The highest BCUT2D eigenvalue weighted by atomic mass is 19.1. The van der Waals surface area contributed by atoms with Gasteiger partial charge in [-0.1, -0.05) is 13.8 Å². The molecule has 0 spiro atoms. The number of amides is 1. The van der Waals surface area contributed by atoms with Gasteiger partial charge in [0.05, 0.1) is 11.8 Å². The molecule has 0 aliphatic rings. The van der Waals surface area contributed by atoms with Crippen LogP contribution >= 0.6 is 0 Å². The van der Waals surface area contributed by atoms with Crippen LogP contribution in [-0.2, 0) is 4.79 Å². The van der Waals surface area contributed by atoms with E-state index >= 15 is 0 Å². The van der Waals surface area contributed by atoms with Gasteiger partial charge in [0.15, 0.2) is 0 Å². The van der Waals surface area contributed by atoms with Gasteiger partial charge in [0.1, 0.15) is 17.0 Å². The molecule has 0 saturated carbocycles. The summed E-state index contributed by atoms with van der Waals surface area (Å²) in [6.07, 6.45) is 0.656. The standard InChI is InChI=1S/C13H14F2N2O/c1-3-13(4-2,8-16)12(18)17-11-6-5-9(14)7-10(11)15/h5-7H,3-4H2,1-2H3,(H,17,18). The lowest BCUT2D eigenvalue weighted by Gasteiger charge is -2.22. The average Bonchev–Trinajstić information content (AvgIpc) is 2.36. The Labute approximate surface area is 104 Å². The molecule has 3 nitrogen and oxygen atoms in total. The molecule has 0 aromatic heterocycles. The predicted octanol–water partition coefficient (Wildman–Crippen LogP) is 3.23. The van der Waals surface area contributed by atoms with E-state index in [-0.39, 0.29) is 5.69 Å². The number of carbonyl (C=O) groups is 1. The van der Waals surface area contributed by atoms with Gasteiger partial charge < -0.3 is 5.32 Å². The first kappa shape index (κ1) is 14.1. The van der Waals surface area contributed by atoms with Crippen LogP contribution in [0.3, 0.4) is 0 Å². The molecule has 96 valence electrons. The first-order chi connectivity index (χ1) is 8.49. The lowest BCUT2D eigenvalue weighted by molar-refractivity contribution is -0.123. The molecule has 18 heavy (non-hydrogen) atoms. The summed E-state index contributed by atoms with van der Waals surface area (Å²) in [7, 11) is 0. The van der Waals surface area contributed by atoms with Crippen LogP contribution < -0.4 is 5.32 Å². The number of halogens is 2. The highest BCUT2D eigenvalue weighted by Crippen LogP contribution is 2.28. The monoisotopic (exact) mass is 252 g/mol. The van der Waals surface area contributed by atoms with Gasteiger partial charge in [-0.15, -0.1) is 0 Å². The third-order valence-electron chi connectivity index (χ3n) is 3.04. The quantitative estimate of drug-likeness (QED) is 0.894. The van der Waals surface area contributed by atoms with Gasteiger partial charge in [-0.05, 0) is 25.0 Å². The van der Waals surface area contributed by atoms with E-state index in [4.69, 9.17) is 5.26 Å². The molecule has 0 radical (unpaired) electrons. The van der Waals surface area contributed by atoms with Crippen LogP contribution in [0.15, 0.2) is 18.2 Å². The fourth-order valence-electron chi connectivity index (χ4n) is 1.61. The average molecular weight is 252 g/mol. The summed E-state index contributed by atoms with van der Waals surface area (Å²) in [5.41, 5.74) is -1.30. The Bertz CT molecular complexity index is 490. The first-order valence-electron chi connectivity index (χ1n) is 5.67. The fourth-order valence-corrected chi connectivity index (χ4v) is 1.61. The molecule has 0 unspecified atom stereocenters. The van der Waals surface area contributed by atoms with E-state index in [1.165, 1.54) is 0 Å². The summed E-state index contributed by atoms with van der Waals surface area (Å²) in [6, 6.07) is 4.82. The molecule has 0 aliphatic heterocycles. The van der Waals surface area contributed by atoms with Crippen molar-refractivity contribution in [1.82, 2.24) is 0 Å². The van der Waals surface area contributed by atoms with Crippen LogP contribution in [0, 0.1) is 28.4 Å². The number of nitrogens with one attached hydrogen (secondary N) is 1. The van der Waals surface area contributed by atoms with E-state index in [0.717, 1.165) is 12.1 Å². The van der Waals surface area contributed by atoms with Crippen LogP contribution in [0.4, 0.5) is 14.5 Å². The van der Waals surface area contributed by atoms with Crippen molar-refractivity contribution in [3.8, 4) is 6.07 Å². The topological polar surface area (TPSA) is 52.9 Å². The Morgan fingerprint density at radius 2 is 2.00 bits per heavy atom. The smallest absolute Gasteiger partial charge is 0.244 e. The highest BCUT2D eigenvalue weighted by molar-refractivity contribution is 5.97. The summed E-state index contributed by atoms with van der Waals surface area (Å²) in [4.78, 5) is 12.0. The van der Waals surface area contributed by atoms with Gasteiger partial charge in [0.2, 0.25) is 5.91 Å². The molecule has 0 aliphatic carbocycles. The maximum Gasteiger partial charge on any atom is 0.244 e. The summed E-state index contributed by atoms with van der Waals surface area (Å²) >= 11 is 0. The van der Waals surface area contributed by atoms with E-state index in [1.54, 1.807) is 13.8 Å². The zero-order valence-electron chi connectivity index (χ0n) is 10.3. The lowest BCUT2D eigenvalue weighted by atomic mass is 9.83. The minimum Gasteiger partial charge on any atom is -0.322 e. The van der Waals surface area contributed by atoms with Gasteiger partial charge in [0.25, 0.3) is 0 Å². The summed E-state index contributed by atoms with van der Waals surface area (Å²) in [5, 5.41) is 11.4. The molecule has 1 rings (SSSR count). The van der Waals surface area contributed by atoms with Crippen molar-refractivity contribution in [2.45, 2.75) is 26.7 Å². The Kier molecular flexibility index (Phi) is 4.38. The van der Waals surface area contributed by atoms with E-state index in [1.807, 2.05) is 6.07 Å². The molecule has 1 aromatic carbocycles. The fraction of sp³-hybridized carbons (Fsp3) is 0.385. The largest absolute Gasteiger partial charge is 0.322 e. The molecular weight excluding hydrogens is 238 g/mol. The van der Waals surface area contributed by atoms with Gasteiger partial charge >= 0.3 is 0 Å². The summed E-state index contributed by atoms with van der Waals surface area (Å²) < 4.78 is 26.1. The maximum absolute atomic E-state index is 13.4.